The van der Waals surface area contributed by atoms with Crippen molar-refractivity contribution in [1.29, 1.82) is 0 Å². The zero-order valence-corrected chi connectivity index (χ0v) is 12.3. The molecule has 0 saturated carbocycles. The standard InChI is InChI=1S/C16H27N3/c1-3-19-10-8-16(9-11-19)18(2)13-15-7-5-4-6-14(15)12-17/h4-7,16H,3,8-13,17H2,1-2H3. The van der Waals surface area contributed by atoms with Crippen LogP contribution >= 0.6 is 0 Å². The predicted octanol–water partition coefficient (Wildman–Crippen LogP) is 2.06. The first kappa shape index (κ1) is 14.5. The van der Waals surface area contributed by atoms with E-state index in [1.165, 1.54) is 43.6 Å². The molecule has 0 atom stereocenters. The normalized spacial score (nSPS) is 18.1. The fraction of sp³-hybridized carbons (Fsp3) is 0.625. The summed E-state index contributed by atoms with van der Waals surface area (Å²) in [6, 6.07) is 9.25. The number of rotatable bonds is 5. The minimum atomic E-state index is 0.637. The summed E-state index contributed by atoms with van der Waals surface area (Å²) in [4.78, 5) is 5.04. The lowest BCUT2D eigenvalue weighted by molar-refractivity contribution is 0.127. The Morgan fingerprint density at radius 3 is 2.42 bits per heavy atom. The minimum absolute atomic E-state index is 0.637. The van der Waals surface area contributed by atoms with Gasteiger partial charge in [-0.15, -0.1) is 0 Å². The van der Waals surface area contributed by atoms with Crippen LogP contribution < -0.4 is 5.73 Å². The Bertz CT molecular complexity index is 383. The van der Waals surface area contributed by atoms with Crippen LogP contribution in [0.2, 0.25) is 0 Å². The fourth-order valence-electron chi connectivity index (χ4n) is 2.99. The van der Waals surface area contributed by atoms with Crippen LogP contribution in [0.1, 0.15) is 30.9 Å². The molecule has 1 aromatic carbocycles. The number of nitrogens with two attached hydrogens (primary N) is 1. The van der Waals surface area contributed by atoms with Crippen molar-refractivity contribution in [3.05, 3.63) is 35.4 Å². The molecule has 3 heteroatoms. The molecule has 1 saturated heterocycles. The smallest absolute Gasteiger partial charge is 0.0236 e. The quantitative estimate of drug-likeness (QED) is 0.880. The summed E-state index contributed by atoms with van der Waals surface area (Å²) in [5.41, 5.74) is 8.47. The zero-order valence-electron chi connectivity index (χ0n) is 12.3. The van der Waals surface area contributed by atoms with Crippen molar-refractivity contribution < 1.29 is 0 Å². The van der Waals surface area contributed by atoms with Crippen LogP contribution in [-0.4, -0.2) is 42.5 Å². The summed E-state index contributed by atoms with van der Waals surface area (Å²) in [6.07, 6.45) is 2.57. The number of likely N-dealkylation sites (tertiary alicyclic amines) is 1. The Hall–Kier alpha value is -0.900. The van der Waals surface area contributed by atoms with Gasteiger partial charge in [-0.3, -0.25) is 4.90 Å². The molecule has 1 heterocycles. The number of piperidine rings is 1. The molecule has 19 heavy (non-hydrogen) atoms. The molecule has 2 N–H and O–H groups in total. The van der Waals surface area contributed by atoms with Gasteiger partial charge in [-0.1, -0.05) is 31.2 Å². The van der Waals surface area contributed by atoms with E-state index >= 15 is 0 Å². The molecule has 1 aromatic rings. The van der Waals surface area contributed by atoms with Crippen molar-refractivity contribution in [1.82, 2.24) is 9.80 Å². The van der Waals surface area contributed by atoms with Gasteiger partial charge in [-0.05, 0) is 50.7 Å². The second-order valence-electron chi connectivity index (χ2n) is 5.55. The monoisotopic (exact) mass is 261 g/mol. The highest BCUT2D eigenvalue weighted by atomic mass is 15.2. The third-order valence-corrected chi connectivity index (χ3v) is 4.39. The lowest BCUT2D eigenvalue weighted by Gasteiger charge is -2.36. The molecule has 0 bridgehead atoms. The van der Waals surface area contributed by atoms with Gasteiger partial charge in [-0.2, -0.15) is 0 Å². The van der Waals surface area contributed by atoms with Crippen molar-refractivity contribution in [2.75, 3.05) is 26.7 Å². The maximum atomic E-state index is 5.82. The van der Waals surface area contributed by atoms with Gasteiger partial charge >= 0.3 is 0 Å². The molecule has 106 valence electrons. The van der Waals surface area contributed by atoms with Gasteiger partial charge in [0.05, 0.1) is 0 Å². The largest absolute Gasteiger partial charge is 0.326 e. The maximum Gasteiger partial charge on any atom is 0.0236 e. The number of benzene rings is 1. The molecule has 1 aliphatic heterocycles. The Kier molecular flexibility index (Phi) is 5.37. The van der Waals surface area contributed by atoms with Gasteiger partial charge in [0, 0.05) is 19.1 Å². The fourth-order valence-corrected chi connectivity index (χ4v) is 2.99. The van der Waals surface area contributed by atoms with Gasteiger partial charge in [0.1, 0.15) is 0 Å². The summed E-state index contributed by atoms with van der Waals surface area (Å²) in [5.74, 6) is 0. The third kappa shape index (κ3) is 3.78. The SMILES string of the molecule is CCN1CCC(N(C)Cc2ccccc2CN)CC1. The molecule has 0 unspecified atom stereocenters. The predicted molar refractivity (Wildman–Crippen MR) is 80.9 cm³/mol. The molecular weight excluding hydrogens is 234 g/mol. The summed E-state index contributed by atoms with van der Waals surface area (Å²) in [5, 5.41) is 0. The highest BCUT2D eigenvalue weighted by Crippen LogP contribution is 2.18. The summed E-state index contributed by atoms with van der Waals surface area (Å²) in [7, 11) is 2.25. The molecule has 0 radical (unpaired) electrons. The van der Waals surface area contributed by atoms with Crippen LogP contribution in [0.15, 0.2) is 24.3 Å². The Morgan fingerprint density at radius 1 is 1.21 bits per heavy atom. The second-order valence-corrected chi connectivity index (χ2v) is 5.55. The van der Waals surface area contributed by atoms with Crippen molar-refractivity contribution in [3.63, 3.8) is 0 Å². The van der Waals surface area contributed by atoms with Crippen LogP contribution in [0, 0.1) is 0 Å². The lowest BCUT2D eigenvalue weighted by atomic mass is 10.0. The van der Waals surface area contributed by atoms with E-state index in [1.54, 1.807) is 0 Å². The van der Waals surface area contributed by atoms with Gasteiger partial charge in [0.2, 0.25) is 0 Å². The Balaban J connectivity index is 1.92. The topological polar surface area (TPSA) is 32.5 Å². The molecule has 2 rings (SSSR count). The van der Waals surface area contributed by atoms with Gasteiger partial charge in [0.15, 0.2) is 0 Å². The minimum Gasteiger partial charge on any atom is -0.326 e. The first-order chi connectivity index (χ1) is 9.24. The van der Waals surface area contributed by atoms with Crippen molar-refractivity contribution >= 4 is 0 Å². The molecule has 0 amide bonds. The first-order valence-corrected chi connectivity index (χ1v) is 7.44. The van der Waals surface area contributed by atoms with Crippen molar-refractivity contribution in [2.45, 2.75) is 38.9 Å². The third-order valence-electron chi connectivity index (χ3n) is 4.39. The molecule has 0 spiro atoms. The molecular formula is C16H27N3. The number of hydrogen-bond acceptors (Lipinski definition) is 3. The Morgan fingerprint density at radius 2 is 1.84 bits per heavy atom. The average molecular weight is 261 g/mol. The number of hydrogen-bond donors (Lipinski definition) is 1. The van der Waals surface area contributed by atoms with Crippen molar-refractivity contribution in [3.8, 4) is 0 Å². The van der Waals surface area contributed by atoms with Crippen molar-refractivity contribution in [2.24, 2.45) is 5.73 Å². The highest BCUT2D eigenvalue weighted by molar-refractivity contribution is 5.26. The van der Waals surface area contributed by atoms with Gasteiger partial charge in [-0.25, -0.2) is 0 Å². The van der Waals surface area contributed by atoms with E-state index in [0.717, 1.165) is 6.54 Å². The lowest BCUT2D eigenvalue weighted by Crippen LogP contribution is -2.43. The summed E-state index contributed by atoms with van der Waals surface area (Å²) >= 11 is 0. The van der Waals surface area contributed by atoms with E-state index in [0.29, 0.717) is 12.6 Å². The summed E-state index contributed by atoms with van der Waals surface area (Å²) in [6.45, 7) is 7.57. The van der Waals surface area contributed by atoms with Crippen LogP contribution in [0.3, 0.4) is 0 Å². The van der Waals surface area contributed by atoms with E-state index in [1.807, 2.05) is 0 Å². The van der Waals surface area contributed by atoms with Gasteiger partial charge in [0.25, 0.3) is 0 Å². The number of nitrogens with zero attached hydrogens (tertiary/aromatic N) is 2. The maximum absolute atomic E-state index is 5.82. The average Bonchev–Trinajstić information content (AvgIpc) is 2.48. The second kappa shape index (κ2) is 7.04. The van der Waals surface area contributed by atoms with E-state index in [9.17, 15) is 0 Å². The summed E-state index contributed by atoms with van der Waals surface area (Å²) < 4.78 is 0. The van der Waals surface area contributed by atoms with E-state index in [2.05, 4.69) is 48.0 Å². The molecule has 0 aromatic heterocycles. The molecule has 3 nitrogen and oxygen atoms in total. The highest BCUT2D eigenvalue weighted by Gasteiger charge is 2.21. The molecule has 1 aliphatic rings. The van der Waals surface area contributed by atoms with E-state index in [4.69, 9.17) is 5.73 Å². The molecule has 1 fully saturated rings. The van der Waals surface area contributed by atoms with Crippen LogP contribution in [0.5, 0.6) is 0 Å². The van der Waals surface area contributed by atoms with Crippen LogP contribution in [0.25, 0.3) is 0 Å². The van der Waals surface area contributed by atoms with E-state index in [-0.39, 0.29) is 0 Å². The van der Waals surface area contributed by atoms with Crippen LogP contribution in [-0.2, 0) is 13.1 Å². The Labute approximate surface area is 117 Å². The van der Waals surface area contributed by atoms with Gasteiger partial charge < -0.3 is 10.6 Å². The van der Waals surface area contributed by atoms with Crippen LogP contribution in [0.4, 0.5) is 0 Å². The van der Waals surface area contributed by atoms with E-state index < -0.39 is 0 Å². The first-order valence-electron chi connectivity index (χ1n) is 7.44. The zero-order chi connectivity index (χ0) is 13.7. The molecule has 0 aliphatic carbocycles.